The summed E-state index contributed by atoms with van der Waals surface area (Å²) in [5.74, 6) is 0.308. The van der Waals surface area contributed by atoms with Crippen molar-refractivity contribution in [2.75, 3.05) is 0 Å². The van der Waals surface area contributed by atoms with Crippen molar-refractivity contribution in [3.63, 3.8) is 0 Å². The summed E-state index contributed by atoms with van der Waals surface area (Å²) in [6, 6.07) is 6.87. The summed E-state index contributed by atoms with van der Waals surface area (Å²) < 4.78 is 46.6. The topological polar surface area (TPSA) is 103 Å². The van der Waals surface area contributed by atoms with E-state index in [-0.39, 0.29) is 41.3 Å². The first-order chi connectivity index (χ1) is 15.6. The Kier molecular flexibility index (Phi) is 4.32. The number of fused-ring (bicyclic) bond motifs is 1. The van der Waals surface area contributed by atoms with Gasteiger partial charge in [0.25, 0.3) is 5.91 Å². The number of aromatic nitrogens is 4. The van der Waals surface area contributed by atoms with Crippen LogP contribution in [0.15, 0.2) is 28.7 Å². The summed E-state index contributed by atoms with van der Waals surface area (Å²) in [4.78, 5) is 12.7. The van der Waals surface area contributed by atoms with Gasteiger partial charge in [0.1, 0.15) is 0 Å². The Labute approximate surface area is 189 Å². The van der Waals surface area contributed by atoms with Gasteiger partial charge in [-0.25, -0.2) is 0 Å². The fourth-order valence-corrected chi connectivity index (χ4v) is 5.41. The molecule has 4 aliphatic carbocycles. The standard InChI is InChI=1S/C21H17ClF3N5O3/c22-12-2-1-10-5-15(28-27-14(10)6-12)16(31)26-20-7-19(8-20,9-20)18-30-29-17(32-18)11-3-13(4-11)33-21(23,24)25/h1-2,5-6,11,13H,3-4,7-9H2,(H,26,31). The van der Waals surface area contributed by atoms with Crippen molar-refractivity contribution in [1.82, 2.24) is 25.7 Å². The summed E-state index contributed by atoms with van der Waals surface area (Å²) in [6.07, 6.45) is -3.11. The average Bonchev–Trinajstić information content (AvgIpc) is 3.13. The number of carbonyl (C=O) groups is 1. The summed E-state index contributed by atoms with van der Waals surface area (Å²) in [6.45, 7) is 0. The van der Waals surface area contributed by atoms with Gasteiger partial charge in [0.2, 0.25) is 11.8 Å². The van der Waals surface area contributed by atoms with Gasteiger partial charge in [-0.05, 0) is 50.3 Å². The summed E-state index contributed by atoms with van der Waals surface area (Å²) >= 11 is 5.95. The number of ether oxygens (including phenoxy) is 1. The quantitative estimate of drug-likeness (QED) is 0.588. The van der Waals surface area contributed by atoms with E-state index in [1.807, 2.05) is 0 Å². The average molecular weight is 480 g/mol. The normalized spacial score (nSPS) is 30.3. The smallest absolute Gasteiger partial charge is 0.424 e. The molecule has 1 amide bonds. The number of rotatable bonds is 5. The number of amides is 1. The fourth-order valence-electron chi connectivity index (χ4n) is 5.24. The van der Waals surface area contributed by atoms with Crippen LogP contribution >= 0.6 is 11.6 Å². The van der Waals surface area contributed by atoms with Crippen molar-refractivity contribution in [1.29, 1.82) is 0 Å². The van der Waals surface area contributed by atoms with Crippen LogP contribution in [0.25, 0.3) is 10.9 Å². The number of nitrogens with zero attached hydrogens (tertiary/aromatic N) is 4. The Morgan fingerprint density at radius 1 is 1.12 bits per heavy atom. The summed E-state index contributed by atoms with van der Waals surface area (Å²) in [5, 5.41) is 20.6. The van der Waals surface area contributed by atoms with Gasteiger partial charge >= 0.3 is 6.36 Å². The molecule has 7 rings (SSSR count). The number of hydrogen-bond donors (Lipinski definition) is 1. The first kappa shape index (κ1) is 20.8. The van der Waals surface area contributed by atoms with Gasteiger partial charge in [-0.2, -0.15) is 0 Å². The van der Waals surface area contributed by atoms with Gasteiger partial charge in [0.15, 0.2) is 5.69 Å². The minimum atomic E-state index is -4.63. The van der Waals surface area contributed by atoms with Crippen molar-refractivity contribution >= 4 is 28.4 Å². The number of hydrogen-bond acceptors (Lipinski definition) is 7. The molecular formula is C21H17ClF3N5O3. The van der Waals surface area contributed by atoms with E-state index < -0.39 is 12.5 Å². The van der Waals surface area contributed by atoms with Gasteiger partial charge in [-0.1, -0.05) is 17.7 Å². The molecule has 3 aromatic rings. The maximum atomic E-state index is 12.7. The summed E-state index contributed by atoms with van der Waals surface area (Å²) in [5.41, 5.74) is 0.211. The molecule has 1 N–H and O–H groups in total. The third-order valence-corrected chi connectivity index (χ3v) is 7.07. The van der Waals surface area contributed by atoms with Crippen molar-refractivity contribution in [3.8, 4) is 0 Å². The van der Waals surface area contributed by atoms with E-state index in [0.717, 1.165) is 5.39 Å². The molecule has 0 aliphatic heterocycles. The molecule has 8 nitrogen and oxygen atoms in total. The van der Waals surface area contributed by atoms with E-state index in [1.165, 1.54) is 0 Å². The van der Waals surface area contributed by atoms with Crippen LogP contribution in [-0.2, 0) is 10.2 Å². The Morgan fingerprint density at radius 2 is 1.88 bits per heavy atom. The number of halogens is 4. The molecule has 2 heterocycles. The van der Waals surface area contributed by atoms with E-state index in [9.17, 15) is 18.0 Å². The van der Waals surface area contributed by atoms with E-state index in [2.05, 4.69) is 30.4 Å². The first-order valence-electron chi connectivity index (χ1n) is 10.5. The molecule has 4 saturated carbocycles. The molecule has 33 heavy (non-hydrogen) atoms. The highest BCUT2D eigenvalue weighted by molar-refractivity contribution is 6.31. The minimum Gasteiger partial charge on any atom is -0.424 e. The number of nitrogens with one attached hydrogen (secondary N) is 1. The van der Waals surface area contributed by atoms with E-state index in [0.29, 0.717) is 41.6 Å². The second kappa shape index (κ2) is 6.86. The number of alkyl halides is 3. The molecule has 12 heteroatoms. The minimum absolute atomic E-state index is 0.202. The molecule has 0 spiro atoms. The zero-order chi connectivity index (χ0) is 23.0. The first-order valence-corrected chi connectivity index (χ1v) is 10.8. The van der Waals surface area contributed by atoms with E-state index in [4.69, 9.17) is 16.0 Å². The van der Waals surface area contributed by atoms with Crippen LogP contribution < -0.4 is 5.32 Å². The van der Waals surface area contributed by atoms with Crippen LogP contribution in [0.3, 0.4) is 0 Å². The molecule has 0 unspecified atom stereocenters. The maximum Gasteiger partial charge on any atom is 0.522 e. The highest BCUT2D eigenvalue weighted by Crippen LogP contribution is 2.67. The molecule has 2 bridgehead atoms. The Hall–Kier alpha value is -2.79. The van der Waals surface area contributed by atoms with Gasteiger partial charge in [-0.15, -0.1) is 33.6 Å². The molecule has 0 atom stereocenters. The molecular weight excluding hydrogens is 463 g/mol. The van der Waals surface area contributed by atoms with Crippen LogP contribution in [0.2, 0.25) is 5.02 Å². The number of benzene rings is 1. The lowest BCUT2D eigenvalue weighted by Gasteiger charge is -2.68. The Morgan fingerprint density at radius 3 is 2.61 bits per heavy atom. The third-order valence-electron chi connectivity index (χ3n) is 6.83. The third kappa shape index (κ3) is 3.54. The number of carbonyl (C=O) groups excluding carboxylic acids is 1. The zero-order valence-corrected chi connectivity index (χ0v) is 17.8. The lowest BCUT2D eigenvalue weighted by molar-refractivity contribution is -0.352. The van der Waals surface area contributed by atoms with Crippen molar-refractivity contribution in [2.24, 2.45) is 0 Å². The zero-order valence-electron chi connectivity index (χ0n) is 17.0. The van der Waals surface area contributed by atoms with E-state index in [1.54, 1.807) is 24.3 Å². The monoisotopic (exact) mass is 479 g/mol. The van der Waals surface area contributed by atoms with E-state index >= 15 is 0 Å². The van der Waals surface area contributed by atoms with Gasteiger partial charge in [0.05, 0.1) is 17.0 Å². The molecule has 1 aromatic carbocycles. The molecule has 172 valence electrons. The highest BCUT2D eigenvalue weighted by atomic mass is 35.5. The van der Waals surface area contributed by atoms with Gasteiger partial charge < -0.3 is 9.73 Å². The Bertz CT molecular complexity index is 1250. The molecule has 2 aromatic heterocycles. The lowest BCUT2D eigenvalue weighted by atomic mass is 9.39. The van der Waals surface area contributed by atoms with Crippen LogP contribution in [0.1, 0.15) is 60.3 Å². The van der Waals surface area contributed by atoms with Crippen molar-refractivity contribution < 1.29 is 27.1 Å². The van der Waals surface area contributed by atoms with Crippen LogP contribution in [0.4, 0.5) is 13.2 Å². The molecule has 0 saturated heterocycles. The second-order valence-electron chi connectivity index (χ2n) is 9.28. The predicted molar refractivity (Wildman–Crippen MR) is 107 cm³/mol. The SMILES string of the molecule is O=C(NC12CC(c3nnc(C4CC(OC(F)(F)F)C4)o3)(C1)C2)c1cc2ccc(Cl)cc2nn1. The predicted octanol–water partition coefficient (Wildman–Crippen LogP) is 4.05. The Balaban J connectivity index is 1.06. The van der Waals surface area contributed by atoms with Crippen LogP contribution in [0, 0.1) is 0 Å². The molecule has 4 aliphatic rings. The van der Waals surface area contributed by atoms with Gasteiger partial charge in [0, 0.05) is 21.9 Å². The molecule has 4 fully saturated rings. The highest BCUT2D eigenvalue weighted by Gasteiger charge is 2.72. The molecule has 0 radical (unpaired) electrons. The largest absolute Gasteiger partial charge is 0.522 e. The maximum absolute atomic E-state index is 12.7. The van der Waals surface area contributed by atoms with Crippen LogP contribution in [-0.4, -0.2) is 44.3 Å². The van der Waals surface area contributed by atoms with Crippen LogP contribution in [0.5, 0.6) is 0 Å². The van der Waals surface area contributed by atoms with Crippen molar-refractivity contribution in [2.45, 2.75) is 61.4 Å². The lowest BCUT2D eigenvalue weighted by Crippen LogP contribution is -2.76. The summed E-state index contributed by atoms with van der Waals surface area (Å²) in [7, 11) is 0. The fraction of sp³-hybridized carbons (Fsp3) is 0.476. The second-order valence-corrected chi connectivity index (χ2v) is 9.71. The van der Waals surface area contributed by atoms with Crippen molar-refractivity contribution in [3.05, 3.63) is 46.8 Å². The van der Waals surface area contributed by atoms with Gasteiger partial charge in [-0.3, -0.25) is 9.53 Å².